The summed E-state index contributed by atoms with van der Waals surface area (Å²) in [7, 11) is 5.56. The first-order valence-electron chi connectivity index (χ1n) is 5.76. The summed E-state index contributed by atoms with van der Waals surface area (Å²) in [5, 5.41) is 0. The van der Waals surface area contributed by atoms with Crippen molar-refractivity contribution in [1.82, 2.24) is 4.90 Å². The van der Waals surface area contributed by atoms with E-state index in [0.29, 0.717) is 0 Å². The maximum atomic E-state index is 11.2. The maximum absolute atomic E-state index is 11.2. The topological polar surface area (TPSA) is 29.5 Å². The summed E-state index contributed by atoms with van der Waals surface area (Å²) >= 11 is 0. The van der Waals surface area contributed by atoms with E-state index < -0.39 is 0 Å². The molecule has 0 aromatic rings. The van der Waals surface area contributed by atoms with Crippen molar-refractivity contribution in [1.29, 1.82) is 0 Å². The third-order valence-corrected chi connectivity index (χ3v) is 3.72. The van der Waals surface area contributed by atoms with Gasteiger partial charge in [-0.2, -0.15) is 0 Å². The molecular formula is C12H22BNO2. The monoisotopic (exact) mass is 223 g/mol. The molecule has 0 amide bonds. The Kier molecular flexibility index (Phi) is 3.63. The molecule has 4 heteroatoms. The Hall–Kier alpha value is -0.635. The normalized spacial score (nSPS) is 25.0. The van der Waals surface area contributed by atoms with Crippen molar-refractivity contribution in [2.75, 3.05) is 7.05 Å². The van der Waals surface area contributed by atoms with E-state index in [9.17, 15) is 4.79 Å². The standard InChI is InChI=1S/C12H22BNO2/c1-11(2)6-9(16-10(15)8-13)7-12(3,4)14(11)5/h8-9,13H,6-7H2,1-5H3. The van der Waals surface area contributed by atoms with Gasteiger partial charge in [-0.25, -0.2) is 0 Å². The number of ether oxygens (including phenoxy) is 1. The molecule has 3 nitrogen and oxygen atoms in total. The SMILES string of the molecule is B=CC(=O)OC1CC(C)(C)N(C)C(C)(C)C1. The van der Waals surface area contributed by atoms with Gasteiger partial charge in [0, 0.05) is 0 Å². The molecule has 0 unspecified atom stereocenters. The number of esters is 1. The quantitative estimate of drug-likeness (QED) is 0.514. The molecule has 0 N–H and O–H groups in total. The molecule has 1 aliphatic heterocycles. The van der Waals surface area contributed by atoms with Crippen molar-refractivity contribution in [2.45, 2.75) is 57.7 Å². The van der Waals surface area contributed by atoms with Crippen molar-refractivity contribution in [2.24, 2.45) is 0 Å². The van der Waals surface area contributed by atoms with Gasteiger partial charge in [0.15, 0.2) is 0 Å². The number of carbonyl (C=O) groups excluding carboxylic acids is 1. The van der Waals surface area contributed by atoms with Gasteiger partial charge in [-0.05, 0) is 0 Å². The van der Waals surface area contributed by atoms with Gasteiger partial charge in [0.05, 0.1) is 0 Å². The molecule has 16 heavy (non-hydrogen) atoms. The van der Waals surface area contributed by atoms with Gasteiger partial charge in [0.1, 0.15) is 0 Å². The Morgan fingerprint density at radius 3 is 2.12 bits per heavy atom. The summed E-state index contributed by atoms with van der Waals surface area (Å²) in [6.07, 6.45) is 1.73. The first kappa shape index (κ1) is 13.4. The zero-order valence-electron chi connectivity index (χ0n) is 11.0. The van der Waals surface area contributed by atoms with Crippen LogP contribution in [0.5, 0.6) is 0 Å². The Morgan fingerprint density at radius 2 is 1.75 bits per heavy atom. The van der Waals surface area contributed by atoms with Crippen molar-refractivity contribution in [3.05, 3.63) is 0 Å². The fourth-order valence-corrected chi connectivity index (χ4v) is 2.58. The van der Waals surface area contributed by atoms with Gasteiger partial charge in [-0.1, -0.05) is 0 Å². The number of carbonyl (C=O) groups is 1. The summed E-state index contributed by atoms with van der Waals surface area (Å²) < 4.78 is 5.38. The number of likely N-dealkylation sites (tertiary alicyclic amines) is 1. The van der Waals surface area contributed by atoms with Crippen molar-refractivity contribution < 1.29 is 9.53 Å². The van der Waals surface area contributed by atoms with E-state index in [1.165, 1.54) is 5.97 Å². The number of hydrogen-bond donors (Lipinski definition) is 0. The van der Waals surface area contributed by atoms with E-state index in [0.717, 1.165) is 12.8 Å². The van der Waals surface area contributed by atoms with Gasteiger partial charge in [-0.15, -0.1) is 0 Å². The molecule has 0 aromatic carbocycles. The summed E-state index contributed by atoms with van der Waals surface area (Å²) in [5.74, 6) is 0.916. The van der Waals surface area contributed by atoms with E-state index in [-0.39, 0.29) is 23.2 Å². The number of rotatable bonds is 2. The fourth-order valence-electron chi connectivity index (χ4n) is 2.58. The van der Waals surface area contributed by atoms with E-state index >= 15 is 0 Å². The number of hydrogen-bond acceptors (Lipinski definition) is 3. The average Bonchev–Trinajstić information content (AvgIpc) is 2.13. The Morgan fingerprint density at radius 1 is 1.31 bits per heavy atom. The van der Waals surface area contributed by atoms with Crippen molar-refractivity contribution in [3.8, 4) is 0 Å². The first-order valence-corrected chi connectivity index (χ1v) is 5.76. The third kappa shape index (κ3) is 2.73. The Balaban J connectivity index is 2.78. The van der Waals surface area contributed by atoms with Crippen molar-refractivity contribution >= 4 is 19.4 Å². The molecule has 1 fully saturated rings. The Bertz CT molecular complexity index is 281. The minimum absolute atomic E-state index is 0.00769. The van der Waals surface area contributed by atoms with Gasteiger partial charge in [0.2, 0.25) is 0 Å². The second-order valence-electron chi connectivity index (χ2n) is 5.86. The van der Waals surface area contributed by atoms with Crippen LogP contribution in [0, 0.1) is 0 Å². The number of nitrogens with zero attached hydrogens (tertiary/aromatic N) is 1. The van der Waals surface area contributed by atoms with Crippen LogP contribution in [0.15, 0.2) is 0 Å². The first-order chi connectivity index (χ1) is 7.19. The zero-order chi connectivity index (χ0) is 12.6. The van der Waals surface area contributed by atoms with Gasteiger partial charge in [-0.3, -0.25) is 0 Å². The van der Waals surface area contributed by atoms with Crippen LogP contribution < -0.4 is 0 Å². The summed E-state index contributed by atoms with van der Waals surface area (Å²) in [6.45, 7) is 8.73. The molecule has 0 radical (unpaired) electrons. The molecule has 0 saturated carbocycles. The van der Waals surface area contributed by atoms with Crippen LogP contribution in [0.4, 0.5) is 0 Å². The molecule has 0 aliphatic carbocycles. The van der Waals surface area contributed by atoms with Crippen LogP contribution >= 0.6 is 0 Å². The van der Waals surface area contributed by atoms with E-state index in [4.69, 9.17) is 4.74 Å². The molecule has 0 atom stereocenters. The third-order valence-electron chi connectivity index (χ3n) is 3.72. The molecule has 1 aliphatic rings. The van der Waals surface area contributed by atoms with Crippen LogP contribution in [0.2, 0.25) is 0 Å². The second-order valence-corrected chi connectivity index (χ2v) is 5.86. The second kappa shape index (κ2) is 4.32. The molecule has 0 aromatic heterocycles. The predicted molar refractivity (Wildman–Crippen MR) is 68.2 cm³/mol. The van der Waals surface area contributed by atoms with Crippen LogP contribution in [0.3, 0.4) is 0 Å². The van der Waals surface area contributed by atoms with Gasteiger partial charge in [0.25, 0.3) is 0 Å². The molecule has 1 saturated heterocycles. The molecule has 0 spiro atoms. The minimum atomic E-state index is -0.318. The molecule has 1 heterocycles. The number of piperidine rings is 1. The predicted octanol–water partition coefficient (Wildman–Crippen LogP) is 0.884. The molecule has 0 bridgehead atoms. The summed E-state index contributed by atoms with van der Waals surface area (Å²) in [4.78, 5) is 13.6. The van der Waals surface area contributed by atoms with Gasteiger partial charge < -0.3 is 0 Å². The molecular weight excluding hydrogens is 201 g/mol. The summed E-state index contributed by atoms with van der Waals surface area (Å²) in [6, 6.07) is 0. The zero-order valence-corrected chi connectivity index (χ0v) is 11.0. The van der Waals surface area contributed by atoms with Crippen LogP contribution in [-0.4, -0.2) is 48.6 Å². The fraction of sp³-hybridized carbons (Fsp3) is 0.833. The average molecular weight is 223 g/mol. The van der Waals surface area contributed by atoms with E-state index in [1.807, 2.05) is 0 Å². The van der Waals surface area contributed by atoms with E-state index in [1.54, 1.807) is 0 Å². The van der Waals surface area contributed by atoms with Crippen LogP contribution in [0.25, 0.3) is 0 Å². The Labute approximate surface area is 99.2 Å². The molecule has 90 valence electrons. The summed E-state index contributed by atoms with van der Waals surface area (Å²) in [5.41, 5.74) is 0.0989. The van der Waals surface area contributed by atoms with Gasteiger partial charge >= 0.3 is 98.6 Å². The van der Waals surface area contributed by atoms with Crippen LogP contribution in [-0.2, 0) is 9.53 Å². The van der Waals surface area contributed by atoms with Crippen LogP contribution in [0.1, 0.15) is 40.5 Å². The molecule has 1 rings (SSSR count). The van der Waals surface area contributed by atoms with E-state index in [2.05, 4.69) is 47.1 Å². The van der Waals surface area contributed by atoms with Crippen molar-refractivity contribution in [3.63, 3.8) is 0 Å².